The van der Waals surface area contributed by atoms with Crippen LogP contribution in [0.25, 0.3) is 0 Å². The Hall–Kier alpha value is -1.85. The van der Waals surface area contributed by atoms with Crippen molar-refractivity contribution in [1.82, 2.24) is 15.2 Å². The minimum absolute atomic E-state index is 0.122. The highest BCUT2D eigenvalue weighted by Crippen LogP contribution is 2.37. The van der Waals surface area contributed by atoms with Gasteiger partial charge in [-0.15, -0.1) is 0 Å². The molecule has 0 amide bonds. The maximum atomic E-state index is 6.06. The lowest BCUT2D eigenvalue weighted by Crippen LogP contribution is -2.29. The molecule has 0 saturated heterocycles. The van der Waals surface area contributed by atoms with Crippen molar-refractivity contribution in [3.8, 4) is 0 Å². The van der Waals surface area contributed by atoms with E-state index in [0.717, 1.165) is 11.1 Å². The minimum atomic E-state index is -0.122. The van der Waals surface area contributed by atoms with Crippen molar-refractivity contribution in [3.63, 3.8) is 0 Å². The maximum Gasteiger partial charge on any atom is 0.126 e. The summed E-state index contributed by atoms with van der Waals surface area (Å²) < 4.78 is 1.66. The number of rotatable bonds is 4. The Kier molecular flexibility index (Phi) is 3.46. The largest absolute Gasteiger partial charge is 0.384 e. The highest BCUT2D eigenvalue weighted by Gasteiger charge is 2.22. The van der Waals surface area contributed by atoms with Gasteiger partial charge < -0.3 is 5.73 Å². The summed E-state index contributed by atoms with van der Waals surface area (Å²) in [6.45, 7) is 0. The second-order valence-electron chi connectivity index (χ2n) is 5.51. The molecule has 20 heavy (non-hydrogen) atoms. The molecule has 1 aliphatic carbocycles. The van der Waals surface area contributed by atoms with Crippen molar-refractivity contribution >= 4 is 5.82 Å². The van der Waals surface area contributed by atoms with Crippen LogP contribution in [0.4, 0.5) is 5.82 Å². The van der Waals surface area contributed by atoms with Crippen LogP contribution < -0.4 is 17.0 Å². The van der Waals surface area contributed by atoms with E-state index in [2.05, 4.69) is 34.8 Å². The van der Waals surface area contributed by atoms with Crippen LogP contribution in [-0.4, -0.2) is 9.78 Å². The van der Waals surface area contributed by atoms with Crippen molar-refractivity contribution in [2.24, 2.45) is 12.9 Å². The monoisotopic (exact) mass is 271 g/mol. The van der Waals surface area contributed by atoms with E-state index in [-0.39, 0.29) is 6.04 Å². The Morgan fingerprint density at radius 3 is 2.75 bits per heavy atom. The molecule has 0 aliphatic heterocycles. The molecule has 1 aliphatic rings. The molecule has 106 valence electrons. The van der Waals surface area contributed by atoms with Crippen molar-refractivity contribution < 1.29 is 0 Å². The number of nitrogens with one attached hydrogen (secondary N) is 1. The summed E-state index contributed by atoms with van der Waals surface area (Å²) in [6, 6.07) is 8.50. The van der Waals surface area contributed by atoms with E-state index in [1.54, 1.807) is 10.9 Å². The number of nitrogens with two attached hydrogens (primary N) is 2. The van der Waals surface area contributed by atoms with Crippen LogP contribution in [0.3, 0.4) is 0 Å². The van der Waals surface area contributed by atoms with E-state index in [1.165, 1.54) is 24.8 Å². The Bertz CT molecular complexity index is 600. The highest BCUT2D eigenvalue weighted by molar-refractivity contribution is 5.46. The number of benzene rings is 1. The third kappa shape index (κ3) is 2.19. The van der Waals surface area contributed by atoms with E-state index in [9.17, 15) is 0 Å². The van der Waals surface area contributed by atoms with E-state index in [1.807, 2.05) is 7.05 Å². The third-order valence-corrected chi connectivity index (χ3v) is 4.31. The highest BCUT2D eigenvalue weighted by atomic mass is 15.3. The number of hydrazine groups is 1. The number of hydrogen-bond donors (Lipinski definition) is 3. The molecule has 2 aromatic rings. The molecule has 0 spiro atoms. The van der Waals surface area contributed by atoms with Crippen LogP contribution in [0.15, 0.2) is 30.5 Å². The van der Waals surface area contributed by atoms with Crippen LogP contribution in [0.1, 0.15) is 47.9 Å². The van der Waals surface area contributed by atoms with Crippen LogP contribution in [-0.2, 0) is 7.05 Å². The van der Waals surface area contributed by atoms with Crippen LogP contribution in [0.5, 0.6) is 0 Å². The zero-order valence-corrected chi connectivity index (χ0v) is 11.7. The van der Waals surface area contributed by atoms with Gasteiger partial charge in [-0.2, -0.15) is 5.10 Å². The van der Waals surface area contributed by atoms with Gasteiger partial charge in [0.1, 0.15) is 5.82 Å². The van der Waals surface area contributed by atoms with Crippen LogP contribution in [0.2, 0.25) is 0 Å². The van der Waals surface area contributed by atoms with Gasteiger partial charge in [-0.3, -0.25) is 10.5 Å². The van der Waals surface area contributed by atoms with E-state index in [4.69, 9.17) is 11.6 Å². The Morgan fingerprint density at radius 2 is 2.20 bits per heavy atom. The second kappa shape index (κ2) is 5.26. The number of hydrogen-bond acceptors (Lipinski definition) is 4. The Balaban J connectivity index is 1.94. The van der Waals surface area contributed by atoms with Gasteiger partial charge in [-0.05, 0) is 29.9 Å². The molecule has 1 atom stereocenters. The number of anilines is 1. The SMILES string of the molecule is Cn1ncc(C(NN)c2cccc(C3CCC3)c2)c1N. The molecular weight excluding hydrogens is 250 g/mol. The van der Waals surface area contributed by atoms with Crippen molar-refractivity contribution in [3.05, 3.63) is 47.2 Å². The molecule has 1 fully saturated rings. The predicted molar refractivity (Wildman–Crippen MR) is 79.8 cm³/mol. The van der Waals surface area contributed by atoms with Gasteiger partial charge in [0.2, 0.25) is 0 Å². The smallest absolute Gasteiger partial charge is 0.126 e. The number of nitrogens with zero attached hydrogens (tertiary/aromatic N) is 2. The van der Waals surface area contributed by atoms with Gasteiger partial charge in [-0.25, -0.2) is 5.43 Å². The van der Waals surface area contributed by atoms with E-state index < -0.39 is 0 Å². The fourth-order valence-corrected chi connectivity index (χ4v) is 2.79. The van der Waals surface area contributed by atoms with Gasteiger partial charge >= 0.3 is 0 Å². The second-order valence-corrected chi connectivity index (χ2v) is 5.51. The van der Waals surface area contributed by atoms with Crippen molar-refractivity contribution in [2.75, 3.05) is 5.73 Å². The summed E-state index contributed by atoms with van der Waals surface area (Å²) >= 11 is 0. The average molecular weight is 271 g/mol. The lowest BCUT2D eigenvalue weighted by Gasteiger charge is -2.27. The number of nitrogen functional groups attached to an aromatic ring is 1. The summed E-state index contributed by atoms with van der Waals surface area (Å²) in [5.74, 6) is 7.09. The molecule has 1 saturated carbocycles. The van der Waals surface area contributed by atoms with E-state index in [0.29, 0.717) is 11.7 Å². The summed E-state index contributed by atoms with van der Waals surface area (Å²) in [7, 11) is 1.83. The number of aromatic nitrogens is 2. The molecular formula is C15H21N5. The molecule has 5 nitrogen and oxygen atoms in total. The van der Waals surface area contributed by atoms with Gasteiger partial charge in [0, 0.05) is 12.6 Å². The standard InChI is InChI=1S/C15H21N5/c1-20-15(16)13(9-18-20)14(19-17)12-7-3-6-11(8-12)10-4-2-5-10/h3,6-10,14,19H,2,4-5,16-17H2,1H3. The molecule has 5 N–H and O–H groups in total. The molecule has 0 bridgehead atoms. The molecule has 1 aromatic carbocycles. The molecule has 0 radical (unpaired) electrons. The summed E-state index contributed by atoms with van der Waals surface area (Å²) in [5, 5.41) is 4.19. The Morgan fingerprint density at radius 1 is 1.40 bits per heavy atom. The summed E-state index contributed by atoms with van der Waals surface area (Å²) in [5.41, 5.74) is 12.4. The summed E-state index contributed by atoms with van der Waals surface area (Å²) in [4.78, 5) is 0. The first kappa shape index (κ1) is 13.1. The maximum absolute atomic E-state index is 6.06. The summed E-state index contributed by atoms with van der Waals surface area (Å²) in [6.07, 6.45) is 5.69. The number of aryl methyl sites for hydroxylation is 1. The Labute approximate surface area is 118 Å². The molecule has 5 heteroatoms. The molecule has 1 aromatic heterocycles. The van der Waals surface area contributed by atoms with Crippen molar-refractivity contribution in [2.45, 2.75) is 31.2 Å². The topological polar surface area (TPSA) is 81.9 Å². The zero-order chi connectivity index (χ0) is 14.1. The van der Waals surface area contributed by atoms with Crippen molar-refractivity contribution in [1.29, 1.82) is 0 Å². The molecule has 1 heterocycles. The molecule has 3 rings (SSSR count). The third-order valence-electron chi connectivity index (χ3n) is 4.31. The first-order valence-corrected chi connectivity index (χ1v) is 7.04. The first-order chi connectivity index (χ1) is 9.70. The van der Waals surface area contributed by atoms with Crippen LogP contribution >= 0.6 is 0 Å². The fourth-order valence-electron chi connectivity index (χ4n) is 2.79. The van der Waals surface area contributed by atoms with Crippen LogP contribution in [0, 0.1) is 0 Å². The first-order valence-electron chi connectivity index (χ1n) is 7.04. The average Bonchev–Trinajstić information content (AvgIpc) is 2.71. The fraction of sp³-hybridized carbons (Fsp3) is 0.400. The predicted octanol–water partition coefficient (Wildman–Crippen LogP) is 1.82. The lowest BCUT2D eigenvalue weighted by molar-refractivity contribution is 0.419. The van der Waals surface area contributed by atoms with Gasteiger partial charge in [0.25, 0.3) is 0 Å². The normalized spacial score (nSPS) is 16.9. The van der Waals surface area contributed by atoms with Gasteiger partial charge in [-0.1, -0.05) is 30.7 Å². The zero-order valence-electron chi connectivity index (χ0n) is 11.7. The molecule has 1 unspecified atom stereocenters. The quantitative estimate of drug-likeness (QED) is 0.585. The van der Waals surface area contributed by atoms with Gasteiger partial charge in [0.05, 0.1) is 12.2 Å². The lowest BCUT2D eigenvalue weighted by atomic mass is 9.79. The van der Waals surface area contributed by atoms with Gasteiger partial charge in [0.15, 0.2) is 0 Å². The van der Waals surface area contributed by atoms with E-state index >= 15 is 0 Å². The minimum Gasteiger partial charge on any atom is -0.384 e.